The molecule has 4 aromatic rings. The molecule has 0 fully saturated rings. The van der Waals surface area contributed by atoms with Gasteiger partial charge in [-0.2, -0.15) is 0 Å². The molecule has 1 unspecified atom stereocenters. The molecule has 0 aliphatic carbocycles. The molecule has 0 saturated carbocycles. The van der Waals surface area contributed by atoms with Gasteiger partial charge in [0.1, 0.15) is 12.6 Å². The molecular weight excluding hydrogens is 605 g/mol. The van der Waals surface area contributed by atoms with E-state index in [1.807, 2.05) is 81.4 Å². The number of benzene rings is 4. The summed E-state index contributed by atoms with van der Waals surface area (Å²) in [6, 6.07) is 26.0. The summed E-state index contributed by atoms with van der Waals surface area (Å²) in [6.07, 6.45) is 1.24. The molecule has 0 radical (unpaired) electrons. The Labute approximate surface area is 263 Å². The van der Waals surface area contributed by atoms with Gasteiger partial charge in [0, 0.05) is 39.5 Å². The summed E-state index contributed by atoms with van der Waals surface area (Å²) in [5, 5.41) is 5.16. The Kier molecular flexibility index (Phi) is 10.1. The minimum Gasteiger partial charge on any atom is -0.350 e. The van der Waals surface area contributed by atoms with Crippen molar-refractivity contribution < 1.29 is 18.0 Å². The molecule has 43 heavy (non-hydrogen) atoms. The molecule has 1 atom stereocenters. The van der Waals surface area contributed by atoms with Gasteiger partial charge in [-0.3, -0.25) is 13.9 Å². The van der Waals surface area contributed by atoms with Crippen LogP contribution in [0.5, 0.6) is 0 Å². The number of carbonyl (C=O) groups excluding carboxylic acids is 2. The van der Waals surface area contributed by atoms with E-state index < -0.39 is 34.1 Å². The van der Waals surface area contributed by atoms with Gasteiger partial charge in [-0.25, -0.2) is 8.42 Å². The predicted molar refractivity (Wildman–Crippen MR) is 175 cm³/mol. The van der Waals surface area contributed by atoms with Crippen molar-refractivity contribution in [2.45, 2.75) is 45.3 Å². The molecule has 0 aliphatic rings. The van der Waals surface area contributed by atoms with E-state index in [-0.39, 0.29) is 18.9 Å². The fraction of sp³-hybridized carbons (Fsp3) is 0.273. The molecule has 0 bridgehead atoms. The highest BCUT2D eigenvalue weighted by atomic mass is 35.5. The molecule has 4 rings (SSSR count). The van der Waals surface area contributed by atoms with Crippen molar-refractivity contribution in [3.8, 4) is 0 Å². The maximum absolute atomic E-state index is 14.4. The fourth-order valence-electron chi connectivity index (χ4n) is 4.88. The lowest BCUT2D eigenvalue weighted by Gasteiger charge is -2.35. The van der Waals surface area contributed by atoms with Crippen LogP contribution in [0.2, 0.25) is 10.0 Å². The van der Waals surface area contributed by atoms with Crippen LogP contribution in [0.3, 0.4) is 0 Å². The first-order valence-electron chi connectivity index (χ1n) is 13.8. The topological polar surface area (TPSA) is 86.8 Å². The third-order valence-corrected chi connectivity index (χ3v) is 8.71. The van der Waals surface area contributed by atoms with Gasteiger partial charge in [0.2, 0.25) is 21.8 Å². The summed E-state index contributed by atoms with van der Waals surface area (Å²) in [4.78, 5) is 29.7. The number of hydrogen-bond acceptors (Lipinski definition) is 4. The average molecular weight is 641 g/mol. The smallest absolute Gasteiger partial charge is 0.244 e. The van der Waals surface area contributed by atoms with Gasteiger partial charge in [0.05, 0.1) is 11.9 Å². The van der Waals surface area contributed by atoms with Gasteiger partial charge >= 0.3 is 0 Å². The van der Waals surface area contributed by atoms with Crippen molar-refractivity contribution in [2.24, 2.45) is 0 Å². The number of rotatable bonds is 10. The second-order valence-electron chi connectivity index (χ2n) is 11.4. The Bertz CT molecular complexity index is 1700. The third-order valence-electron chi connectivity index (χ3n) is 6.87. The number of amides is 2. The number of halogens is 2. The number of fused-ring (bicyclic) bond motifs is 1. The number of hydrogen-bond donors (Lipinski definition) is 1. The van der Waals surface area contributed by atoms with Crippen molar-refractivity contribution in [3.63, 3.8) is 0 Å². The zero-order valence-electron chi connectivity index (χ0n) is 24.6. The normalized spacial score (nSPS) is 12.5. The van der Waals surface area contributed by atoms with Crippen LogP contribution < -0.4 is 9.62 Å². The lowest BCUT2D eigenvalue weighted by atomic mass is 10.0. The van der Waals surface area contributed by atoms with Gasteiger partial charge in [-0.1, -0.05) is 96.0 Å². The van der Waals surface area contributed by atoms with Crippen LogP contribution in [0.15, 0.2) is 91.0 Å². The molecule has 0 spiro atoms. The molecule has 4 aromatic carbocycles. The Balaban J connectivity index is 1.83. The first kappa shape index (κ1) is 32.3. The van der Waals surface area contributed by atoms with Crippen molar-refractivity contribution >= 4 is 61.5 Å². The highest BCUT2D eigenvalue weighted by Crippen LogP contribution is 2.30. The molecule has 0 aliphatic heterocycles. The van der Waals surface area contributed by atoms with Crippen LogP contribution in [0, 0.1) is 0 Å². The highest BCUT2D eigenvalue weighted by Gasteiger charge is 2.35. The maximum atomic E-state index is 14.4. The van der Waals surface area contributed by atoms with Crippen LogP contribution in [0.25, 0.3) is 10.8 Å². The summed E-state index contributed by atoms with van der Waals surface area (Å²) in [5.74, 6) is -0.969. The molecule has 0 heterocycles. The minimum absolute atomic E-state index is 0.112. The molecule has 1 N–H and O–H groups in total. The zero-order valence-corrected chi connectivity index (χ0v) is 26.9. The second kappa shape index (κ2) is 13.4. The summed E-state index contributed by atoms with van der Waals surface area (Å²) in [6.45, 7) is 4.91. The van der Waals surface area contributed by atoms with Gasteiger partial charge in [0.25, 0.3) is 0 Å². The van der Waals surface area contributed by atoms with Crippen molar-refractivity contribution in [3.05, 3.63) is 112 Å². The van der Waals surface area contributed by atoms with Crippen LogP contribution >= 0.6 is 23.2 Å². The van der Waals surface area contributed by atoms with Crippen LogP contribution in [-0.2, 0) is 32.6 Å². The van der Waals surface area contributed by atoms with E-state index in [9.17, 15) is 18.0 Å². The number of carbonyl (C=O) groups is 2. The molecule has 7 nitrogen and oxygen atoms in total. The quantitative estimate of drug-likeness (QED) is 0.216. The SMILES string of the molecule is CC(C)(C)NC(=O)C(Cc1ccccc1)N(Cc1c(Cl)cccc1Cl)C(=O)CN(c1cccc2ccccc12)S(C)(=O)=O. The van der Waals surface area contributed by atoms with Crippen LogP contribution in [0.4, 0.5) is 5.69 Å². The van der Waals surface area contributed by atoms with Crippen molar-refractivity contribution in [1.29, 1.82) is 0 Å². The van der Waals surface area contributed by atoms with E-state index in [1.54, 1.807) is 30.3 Å². The predicted octanol–water partition coefficient (Wildman–Crippen LogP) is 6.47. The van der Waals surface area contributed by atoms with E-state index in [1.165, 1.54) is 4.90 Å². The first-order valence-corrected chi connectivity index (χ1v) is 16.4. The largest absolute Gasteiger partial charge is 0.350 e. The van der Waals surface area contributed by atoms with E-state index in [0.29, 0.717) is 26.7 Å². The average Bonchev–Trinajstić information content (AvgIpc) is 2.93. The number of sulfonamides is 1. The Morgan fingerprint density at radius 1 is 0.837 bits per heavy atom. The highest BCUT2D eigenvalue weighted by molar-refractivity contribution is 7.92. The summed E-state index contributed by atoms with van der Waals surface area (Å²) in [5.41, 5.74) is 1.05. The standard InChI is InChI=1S/C33H35Cl2N3O4S/c1-33(2,3)36-32(40)30(20-23-12-6-5-7-13-23)37(21-26-27(34)17-11-18-28(26)35)31(39)22-38(43(4,41)42)29-19-10-15-24-14-8-9-16-25(24)29/h5-19,30H,20-22H2,1-4H3,(H,36,40). The Morgan fingerprint density at radius 2 is 1.42 bits per heavy atom. The molecular formula is C33H35Cl2N3O4S. The van der Waals surface area contributed by atoms with E-state index in [2.05, 4.69) is 5.32 Å². The molecule has 10 heteroatoms. The van der Waals surface area contributed by atoms with Crippen LogP contribution in [-0.4, -0.2) is 49.5 Å². The molecule has 226 valence electrons. The summed E-state index contributed by atoms with van der Waals surface area (Å²) in [7, 11) is -3.93. The van der Waals surface area contributed by atoms with E-state index >= 15 is 0 Å². The van der Waals surface area contributed by atoms with Crippen molar-refractivity contribution in [2.75, 3.05) is 17.1 Å². The summed E-state index contributed by atoms with van der Waals surface area (Å²) >= 11 is 13.1. The van der Waals surface area contributed by atoms with E-state index in [0.717, 1.165) is 21.5 Å². The Morgan fingerprint density at radius 3 is 2.05 bits per heavy atom. The lowest BCUT2D eigenvalue weighted by molar-refractivity contribution is -0.140. The van der Waals surface area contributed by atoms with Crippen LogP contribution in [0.1, 0.15) is 31.9 Å². The third kappa shape index (κ3) is 8.28. The fourth-order valence-corrected chi connectivity index (χ4v) is 6.26. The monoisotopic (exact) mass is 639 g/mol. The minimum atomic E-state index is -3.93. The molecule has 0 saturated heterocycles. The summed E-state index contributed by atoms with van der Waals surface area (Å²) < 4.78 is 27.5. The zero-order chi connectivity index (χ0) is 31.4. The molecule has 2 amide bonds. The first-order chi connectivity index (χ1) is 20.2. The van der Waals surface area contributed by atoms with Gasteiger partial charge in [0.15, 0.2) is 0 Å². The lowest BCUT2D eigenvalue weighted by Crippen LogP contribution is -2.56. The number of anilines is 1. The van der Waals surface area contributed by atoms with Gasteiger partial charge in [-0.15, -0.1) is 0 Å². The van der Waals surface area contributed by atoms with Gasteiger partial charge < -0.3 is 10.2 Å². The number of nitrogens with zero attached hydrogens (tertiary/aromatic N) is 2. The van der Waals surface area contributed by atoms with Crippen molar-refractivity contribution in [1.82, 2.24) is 10.2 Å². The number of nitrogens with one attached hydrogen (secondary N) is 1. The second-order valence-corrected chi connectivity index (χ2v) is 14.2. The van der Waals surface area contributed by atoms with E-state index in [4.69, 9.17) is 23.2 Å². The van der Waals surface area contributed by atoms with Gasteiger partial charge in [-0.05, 0) is 49.9 Å². The molecule has 0 aromatic heterocycles. The maximum Gasteiger partial charge on any atom is 0.244 e. The Hall–Kier alpha value is -3.59.